The van der Waals surface area contributed by atoms with Crippen LogP contribution in [0.4, 0.5) is 4.39 Å². The molecular formula is C13H13FN2S. The highest BCUT2D eigenvalue weighted by molar-refractivity contribution is 7.99. The molecule has 0 saturated heterocycles. The van der Waals surface area contributed by atoms with Crippen molar-refractivity contribution in [1.82, 2.24) is 4.98 Å². The van der Waals surface area contributed by atoms with Gasteiger partial charge in [0.05, 0.1) is 0 Å². The molecule has 1 heterocycles. The Morgan fingerprint density at radius 3 is 2.82 bits per heavy atom. The third kappa shape index (κ3) is 3.05. The zero-order valence-electron chi connectivity index (χ0n) is 9.43. The van der Waals surface area contributed by atoms with Crippen LogP contribution in [0.5, 0.6) is 0 Å². The maximum atomic E-state index is 13.1. The SMILES string of the molecule is C[C@@H](N)c1cccnc1Sc1cccc(F)c1. The third-order valence-corrected chi connectivity index (χ3v) is 3.33. The molecule has 1 atom stereocenters. The number of nitrogens with zero attached hydrogens (tertiary/aromatic N) is 1. The number of pyridine rings is 1. The van der Waals surface area contributed by atoms with Gasteiger partial charge in [-0.1, -0.05) is 23.9 Å². The van der Waals surface area contributed by atoms with Crippen molar-refractivity contribution in [1.29, 1.82) is 0 Å². The fourth-order valence-electron chi connectivity index (χ4n) is 1.48. The van der Waals surface area contributed by atoms with Gasteiger partial charge >= 0.3 is 0 Å². The molecule has 0 aliphatic heterocycles. The van der Waals surface area contributed by atoms with E-state index in [4.69, 9.17) is 5.73 Å². The topological polar surface area (TPSA) is 38.9 Å². The van der Waals surface area contributed by atoms with Crippen molar-refractivity contribution in [3.05, 3.63) is 54.0 Å². The number of rotatable bonds is 3. The van der Waals surface area contributed by atoms with Crippen molar-refractivity contribution in [3.63, 3.8) is 0 Å². The first-order chi connectivity index (χ1) is 8.16. The second-order valence-corrected chi connectivity index (χ2v) is 4.81. The normalized spacial score (nSPS) is 12.4. The van der Waals surface area contributed by atoms with Gasteiger partial charge in [-0.05, 0) is 31.2 Å². The quantitative estimate of drug-likeness (QED) is 0.905. The lowest BCUT2D eigenvalue weighted by atomic mass is 10.2. The number of hydrogen-bond donors (Lipinski definition) is 1. The van der Waals surface area contributed by atoms with Gasteiger partial charge in [-0.15, -0.1) is 0 Å². The molecule has 0 amide bonds. The third-order valence-electron chi connectivity index (χ3n) is 2.30. The number of hydrogen-bond acceptors (Lipinski definition) is 3. The molecule has 0 spiro atoms. The molecule has 1 aromatic heterocycles. The zero-order valence-corrected chi connectivity index (χ0v) is 10.2. The lowest BCUT2D eigenvalue weighted by molar-refractivity contribution is 0.624. The Hall–Kier alpha value is -1.39. The molecule has 0 saturated carbocycles. The summed E-state index contributed by atoms with van der Waals surface area (Å²) in [5, 5.41) is 0.827. The summed E-state index contributed by atoms with van der Waals surface area (Å²) in [7, 11) is 0. The van der Waals surface area contributed by atoms with Crippen molar-refractivity contribution in [2.45, 2.75) is 22.9 Å². The van der Waals surface area contributed by atoms with E-state index in [0.717, 1.165) is 15.5 Å². The molecule has 0 aliphatic carbocycles. The maximum absolute atomic E-state index is 13.1. The Morgan fingerprint density at radius 1 is 1.29 bits per heavy atom. The van der Waals surface area contributed by atoms with Crippen molar-refractivity contribution in [3.8, 4) is 0 Å². The molecule has 0 unspecified atom stereocenters. The zero-order chi connectivity index (χ0) is 12.3. The van der Waals surface area contributed by atoms with Crippen LogP contribution in [0.25, 0.3) is 0 Å². The molecule has 0 radical (unpaired) electrons. The van der Waals surface area contributed by atoms with E-state index in [9.17, 15) is 4.39 Å². The van der Waals surface area contributed by atoms with E-state index in [1.807, 2.05) is 25.1 Å². The first-order valence-electron chi connectivity index (χ1n) is 5.31. The van der Waals surface area contributed by atoms with Gasteiger partial charge in [-0.2, -0.15) is 0 Å². The average molecular weight is 248 g/mol. The number of halogens is 1. The molecule has 2 aromatic rings. The molecule has 0 fully saturated rings. The summed E-state index contributed by atoms with van der Waals surface area (Å²) < 4.78 is 13.1. The highest BCUT2D eigenvalue weighted by Gasteiger charge is 2.09. The number of nitrogens with two attached hydrogens (primary N) is 1. The van der Waals surface area contributed by atoms with Crippen LogP contribution in [-0.4, -0.2) is 4.98 Å². The van der Waals surface area contributed by atoms with Gasteiger partial charge in [0.2, 0.25) is 0 Å². The van der Waals surface area contributed by atoms with Crippen molar-refractivity contribution in [2.75, 3.05) is 0 Å². The molecule has 0 aliphatic rings. The van der Waals surface area contributed by atoms with E-state index in [-0.39, 0.29) is 11.9 Å². The van der Waals surface area contributed by atoms with Gasteiger partial charge in [0.25, 0.3) is 0 Å². The first kappa shape index (κ1) is 12.1. The molecule has 4 heteroatoms. The van der Waals surface area contributed by atoms with Crippen LogP contribution in [0.1, 0.15) is 18.5 Å². The molecule has 2 N–H and O–H groups in total. The van der Waals surface area contributed by atoms with E-state index in [0.29, 0.717) is 0 Å². The Kier molecular flexibility index (Phi) is 3.76. The summed E-state index contributed by atoms with van der Waals surface area (Å²) in [6.45, 7) is 1.91. The Labute approximate surface area is 104 Å². The molecule has 2 nitrogen and oxygen atoms in total. The van der Waals surface area contributed by atoms with Gasteiger partial charge in [-0.25, -0.2) is 9.37 Å². The summed E-state index contributed by atoms with van der Waals surface area (Å²) in [6, 6.07) is 10.2. The van der Waals surface area contributed by atoms with Crippen LogP contribution >= 0.6 is 11.8 Å². The Bertz CT molecular complexity index is 514. The van der Waals surface area contributed by atoms with E-state index < -0.39 is 0 Å². The van der Waals surface area contributed by atoms with Crippen LogP contribution in [0.3, 0.4) is 0 Å². The van der Waals surface area contributed by atoms with Gasteiger partial charge in [0.15, 0.2) is 0 Å². The van der Waals surface area contributed by atoms with E-state index in [1.54, 1.807) is 12.3 Å². The van der Waals surface area contributed by atoms with E-state index in [2.05, 4.69) is 4.98 Å². The van der Waals surface area contributed by atoms with Crippen LogP contribution in [0.2, 0.25) is 0 Å². The molecule has 0 bridgehead atoms. The van der Waals surface area contributed by atoms with E-state index in [1.165, 1.54) is 23.9 Å². The van der Waals surface area contributed by atoms with Gasteiger partial charge in [0.1, 0.15) is 10.8 Å². The summed E-state index contributed by atoms with van der Waals surface area (Å²) in [6.07, 6.45) is 1.72. The maximum Gasteiger partial charge on any atom is 0.124 e. The monoisotopic (exact) mass is 248 g/mol. The fraction of sp³-hybridized carbons (Fsp3) is 0.154. The minimum absolute atomic E-state index is 0.0836. The predicted octanol–water partition coefficient (Wildman–Crippen LogP) is 3.39. The van der Waals surface area contributed by atoms with Crippen LogP contribution < -0.4 is 5.73 Å². The van der Waals surface area contributed by atoms with Crippen LogP contribution in [0.15, 0.2) is 52.5 Å². The Morgan fingerprint density at radius 2 is 2.12 bits per heavy atom. The lowest BCUT2D eigenvalue weighted by Gasteiger charge is -2.10. The number of benzene rings is 1. The average Bonchev–Trinajstić information content (AvgIpc) is 2.29. The molecular weight excluding hydrogens is 235 g/mol. The lowest BCUT2D eigenvalue weighted by Crippen LogP contribution is -2.07. The van der Waals surface area contributed by atoms with Crippen LogP contribution in [0, 0.1) is 5.82 Å². The minimum Gasteiger partial charge on any atom is -0.324 e. The standard InChI is InChI=1S/C13H13FN2S/c1-9(15)12-6-3-7-16-13(12)17-11-5-2-4-10(14)8-11/h2-9H,15H2,1H3/t9-/m1/s1. The molecule has 88 valence electrons. The smallest absolute Gasteiger partial charge is 0.124 e. The highest BCUT2D eigenvalue weighted by atomic mass is 32.2. The second-order valence-electron chi connectivity index (χ2n) is 3.75. The Balaban J connectivity index is 2.30. The second kappa shape index (κ2) is 5.29. The summed E-state index contributed by atoms with van der Waals surface area (Å²) in [5.41, 5.74) is 6.84. The predicted molar refractivity (Wildman–Crippen MR) is 67.4 cm³/mol. The molecule has 1 aromatic carbocycles. The molecule has 17 heavy (non-hydrogen) atoms. The summed E-state index contributed by atoms with van der Waals surface area (Å²) >= 11 is 1.43. The highest BCUT2D eigenvalue weighted by Crippen LogP contribution is 2.30. The van der Waals surface area contributed by atoms with Gasteiger partial charge in [0, 0.05) is 22.7 Å². The van der Waals surface area contributed by atoms with Gasteiger partial charge < -0.3 is 5.73 Å². The summed E-state index contributed by atoms with van der Waals surface area (Å²) in [4.78, 5) is 5.11. The summed E-state index contributed by atoms with van der Waals surface area (Å²) in [5.74, 6) is -0.242. The van der Waals surface area contributed by atoms with Gasteiger partial charge in [-0.3, -0.25) is 0 Å². The molecule has 2 rings (SSSR count). The van der Waals surface area contributed by atoms with Crippen molar-refractivity contribution in [2.24, 2.45) is 5.73 Å². The van der Waals surface area contributed by atoms with Crippen LogP contribution in [-0.2, 0) is 0 Å². The van der Waals surface area contributed by atoms with Crippen molar-refractivity contribution >= 4 is 11.8 Å². The number of aromatic nitrogens is 1. The first-order valence-corrected chi connectivity index (χ1v) is 6.12. The fourth-order valence-corrected chi connectivity index (χ4v) is 2.50. The van der Waals surface area contributed by atoms with E-state index >= 15 is 0 Å². The minimum atomic E-state index is -0.242. The largest absolute Gasteiger partial charge is 0.324 e. The van der Waals surface area contributed by atoms with Crippen molar-refractivity contribution < 1.29 is 4.39 Å².